The Labute approximate surface area is 114 Å². The van der Waals surface area contributed by atoms with Crippen molar-refractivity contribution >= 4 is 12.0 Å². The molecular formula is C15H20O4. The smallest absolute Gasteiger partial charge is 0.330 e. The standard InChI is InChI=1S/C15H20O4/c1-5-18-13-10-12(7-8-15(16)17-4)14(19-6-2)9-11(13)3/h7-10H,5-6H2,1-4H3. The summed E-state index contributed by atoms with van der Waals surface area (Å²) in [7, 11) is 1.34. The van der Waals surface area contributed by atoms with E-state index < -0.39 is 5.97 Å². The van der Waals surface area contributed by atoms with Crippen molar-refractivity contribution < 1.29 is 19.0 Å². The summed E-state index contributed by atoms with van der Waals surface area (Å²) in [5.74, 6) is 1.11. The molecule has 0 heterocycles. The van der Waals surface area contributed by atoms with Gasteiger partial charge in [0, 0.05) is 11.6 Å². The average molecular weight is 264 g/mol. The lowest BCUT2D eigenvalue weighted by molar-refractivity contribution is -0.134. The Bertz CT molecular complexity index is 463. The van der Waals surface area contributed by atoms with Crippen molar-refractivity contribution in [3.63, 3.8) is 0 Å². The number of aryl methyl sites for hydroxylation is 1. The minimum atomic E-state index is -0.402. The zero-order valence-corrected chi connectivity index (χ0v) is 11.9. The monoisotopic (exact) mass is 264 g/mol. The normalized spacial score (nSPS) is 10.5. The van der Waals surface area contributed by atoms with Gasteiger partial charge in [0.1, 0.15) is 11.5 Å². The van der Waals surface area contributed by atoms with E-state index in [1.807, 2.05) is 32.9 Å². The van der Waals surface area contributed by atoms with E-state index in [4.69, 9.17) is 9.47 Å². The Morgan fingerprint density at radius 2 is 1.79 bits per heavy atom. The van der Waals surface area contributed by atoms with Gasteiger partial charge in [-0.05, 0) is 44.5 Å². The van der Waals surface area contributed by atoms with E-state index in [-0.39, 0.29) is 0 Å². The van der Waals surface area contributed by atoms with E-state index in [9.17, 15) is 4.79 Å². The zero-order chi connectivity index (χ0) is 14.3. The molecule has 0 aromatic heterocycles. The van der Waals surface area contributed by atoms with Crippen LogP contribution in [0.25, 0.3) is 6.08 Å². The van der Waals surface area contributed by atoms with Crippen molar-refractivity contribution in [1.29, 1.82) is 0 Å². The van der Waals surface area contributed by atoms with Gasteiger partial charge in [0.2, 0.25) is 0 Å². The molecule has 0 saturated heterocycles. The van der Waals surface area contributed by atoms with Crippen LogP contribution < -0.4 is 9.47 Å². The number of benzene rings is 1. The molecule has 0 spiro atoms. The third-order valence-electron chi connectivity index (χ3n) is 2.51. The minimum absolute atomic E-state index is 0.402. The zero-order valence-electron chi connectivity index (χ0n) is 11.9. The lowest BCUT2D eigenvalue weighted by Gasteiger charge is -2.13. The van der Waals surface area contributed by atoms with Crippen LogP contribution in [0.5, 0.6) is 11.5 Å². The molecule has 4 heteroatoms. The summed E-state index contributed by atoms with van der Waals surface area (Å²) in [6, 6.07) is 3.77. The second-order valence-corrected chi connectivity index (χ2v) is 3.88. The van der Waals surface area contributed by atoms with Gasteiger partial charge in [-0.15, -0.1) is 0 Å². The molecule has 1 aromatic carbocycles. The molecule has 0 aliphatic rings. The van der Waals surface area contributed by atoms with Gasteiger partial charge in [-0.1, -0.05) is 0 Å². The number of rotatable bonds is 6. The summed E-state index contributed by atoms with van der Waals surface area (Å²) < 4.78 is 15.7. The third-order valence-corrected chi connectivity index (χ3v) is 2.51. The van der Waals surface area contributed by atoms with Gasteiger partial charge in [-0.3, -0.25) is 0 Å². The van der Waals surface area contributed by atoms with Gasteiger partial charge in [0.25, 0.3) is 0 Å². The Morgan fingerprint density at radius 3 is 2.37 bits per heavy atom. The summed E-state index contributed by atoms with van der Waals surface area (Å²) in [5, 5.41) is 0. The van der Waals surface area contributed by atoms with Gasteiger partial charge < -0.3 is 14.2 Å². The molecule has 19 heavy (non-hydrogen) atoms. The van der Waals surface area contributed by atoms with Crippen molar-refractivity contribution in [2.45, 2.75) is 20.8 Å². The Kier molecular flexibility index (Phi) is 5.93. The molecule has 1 aromatic rings. The number of carbonyl (C=O) groups excluding carboxylic acids is 1. The topological polar surface area (TPSA) is 44.8 Å². The predicted molar refractivity (Wildman–Crippen MR) is 74.6 cm³/mol. The van der Waals surface area contributed by atoms with Crippen LogP contribution in [0.4, 0.5) is 0 Å². The molecule has 0 atom stereocenters. The molecule has 0 amide bonds. The van der Waals surface area contributed by atoms with Crippen molar-refractivity contribution in [3.8, 4) is 11.5 Å². The highest BCUT2D eigenvalue weighted by atomic mass is 16.5. The van der Waals surface area contributed by atoms with Crippen LogP contribution in [0, 0.1) is 6.92 Å². The van der Waals surface area contributed by atoms with E-state index in [0.717, 1.165) is 22.6 Å². The molecule has 0 fully saturated rings. The number of hydrogen-bond acceptors (Lipinski definition) is 4. The summed E-state index contributed by atoms with van der Waals surface area (Å²) >= 11 is 0. The van der Waals surface area contributed by atoms with E-state index in [0.29, 0.717) is 13.2 Å². The van der Waals surface area contributed by atoms with Gasteiger partial charge in [-0.2, -0.15) is 0 Å². The second kappa shape index (κ2) is 7.46. The minimum Gasteiger partial charge on any atom is -0.494 e. The molecule has 0 bridgehead atoms. The van der Waals surface area contributed by atoms with Crippen LogP contribution in [0.2, 0.25) is 0 Å². The second-order valence-electron chi connectivity index (χ2n) is 3.88. The Balaban J connectivity index is 3.13. The van der Waals surface area contributed by atoms with Crippen LogP contribution in [0.15, 0.2) is 18.2 Å². The van der Waals surface area contributed by atoms with E-state index in [2.05, 4.69) is 4.74 Å². The maximum atomic E-state index is 11.2. The maximum Gasteiger partial charge on any atom is 0.330 e. The summed E-state index contributed by atoms with van der Waals surface area (Å²) in [4.78, 5) is 11.2. The first kappa shape index (κ1) is 15.1. The highest BCUT2D eigenvalue weighted by Crippen LogP contribution is 2.29. The highest BCUT2D eigenvalue weighted by molar-refractivity contribution is 5.87. The van der Waals surface area contributed by atoms with Crippen molar-refractivity contribution in [3.05, 3.63) is 29.3 Å². The Hall–Kier alpha value is -1.97. The molecule has 0 aliphatic carbocycles. The van der Waals surface area contributed by atoms with E-state index >= 15 is 0 Å². The molecule has 0 radical (unpaired) electrons. The number of methoxy groups -OCH3 is 1. The largest absolute Gasteiger partial charge is 0.494 e. The van der Waals surface area contributed by atoms with Crippen LogP contribution >= 0.6 is 0 Å². The lowest BCUT2D eigenvalue weighted by atomic mass is 10.1. The van der Waals surface area contributed by atoms with Gasteiger partial charge in [0.05, 0.1) is 20.3 Å². The molecule has 0 unspecified atom stereocenters. The summed E-state index contributed by atoms with van der Waals surface area (Å²) in [5.41, 5.74) is 1.79. The van der Waals surface area contributed by atoms with E-state index in [1.54, 1.807) is 6.08 Å². The lowest BCUT2D eigenvalue weighted by Crippen LogP contribution is -1.99. The van der Waals surface area contributed by atoms with Crippen molar-refractivity contribution in [2.75, 3.05) is 20.3 Å². The average Bonchev–Trinajstić information content (AvgIpc) is 2.40. The molecule has 1 rings (SSSR count). The highest BCUT2D eigenvalue weighted by Gasteiger charge is 2.08. The maximum absolute atomic E-state index is 11.2. The fraction of sp³-hybridized carbons (Fsp3) is 0.400. The van der Waals surface area contributed by atoms with E-state index in [1.165, 1.54) is 13.2 Å². The van der Waals surface area contributed by atoms with Crippen LogP contribution in [0.1, 0.15) is 25.0 Å². The number of carbonyl (C=O) groups is 1. The fourth-order valence-corrected chi connectivity index (χ4v) is 1.62. The molecule has 0 saturated carbocycles. The van der Waals surface area contributed by atoms with Gasteiger partial charge >= 0.3 is 5.97 Å². The quantitative estimate of drug-likeness (QED) is 0.585. The fourth-order valence-electron chi connectivity index (χ4n) is 1.62. The van der Waals surface area contributed by atoms with Gasteiger partial charge in [0.15, 0.2) is 0 Å². The van der Waals surface area contributed by atoms with Crippen LogP contribution in [-0.2, 0) is 9.53 Å². The number of hydrogen-bond donors (Lipinski definition) is 0. The molecule has 0 aliphatic heterocycles. The molecular weight excluding hydrogens is 244 g/mol. The molecule has 4 nitrogen and oxygen atoms in total. The number of esters is 1. The van der Waals surface area contributed by atoms with Crippen molar-refractivity contribution in [2.24, 2.45) is 0 Å². The number of ether oxygens (including phenoxy) is 3. The third kappa shape index (κ3) is 4.32. The first-order valence-electron chi connectivity index (χ1n) is 6.28. The van der Waals surface area contributed by atoms with Crippen LogP contribution in [-0.4, -0.2) is 26.3 Å². The molecule has 0 N–H and O–H groups in total. The summed E-state index contributed by atoms with van der Waals surface area (Å²) in [6.07, 6.45) is 3.03. The Morgan fingerprint density at radius 1 is 1.16 bits per heavy atom. The van der Waals surface area contributed by atoms with Crippen molar-refractivity contribution in [1.82, 2.24) is 0 Å². The summed E-state index contributed by atoms with van der Waals surface area (Å²) in [6.45, 7) is 6.96. The van der Waals surface area contributed by atoms with Crippen LogP contribution in [0.3, 0.4) is 0 Å². The molecule has 104 valence electrons. The van der Waals surface area contributed by atoms with Gasteiger partial charge in [-0.25, -0.2) is 4.79 Å². The first-order chi connectivity index (χ1) is 9.12. The first-order valence-corrected chi connectivity index (χ1v) is 6.28. The predicted octanol–water partition coefficient (Wildman–Crippen LogP) is 2.98. The SMILES string of the molecule is CCOc1cc(C=CC(=O)OC)c(OCC)cc1C.